The summed E-state index contributed by atoms with van der Waals surface area (Å²) in [5.41, 5.74) is 4.90. The molecule has 0 aliphatic rings. The van der Waals surface area contributed by atoms with E-state index in [4.69, 9.17) is 4.74 Å². The molecule has 0 saturated carbocycles. The molecule has 1 aromatic carbocycles. The molecule has 0 aliphatic heterocycles. The highest BCUT2D eigenvalue weighted by molar-refractivity contribution is 5.93. The smallest absolute Gasteiger partial charge is 0.251 e. The zero-order valence-electron chi connectivity index (χ0n) is 16.2. The Morgan fingerprint density at radius 2 is 1.78 bits per heavy atom. The van der Waals surface area contributed by atoms with Crippen LogP contribution in [0.25, 0.3) is 5.95 Å². The molecule has 0 saturated heterocycles. The summed E-state index contributed by atoms with van der Waals surface area (Å²) in [4.78, 5) is 21.5. The van der Waals surface area contributed by atoms with E-state index in [2.05, 4.69) is 20.4 Å². The van der Waals surface area contributed by atoms with Crippen molar-refractivity contribution in [2.75, 3.05) is 12.4 Å². The van der Waals surface area contributed by atoms with Crippen molar-refractivity contribution in [2.24, 2.45) is 0 Å². The van der Waals surface area contributed by atoms with E-state index < -0.39 is 0 Å². The standard InChI is InChI=1S/C20H23N5O2/c1-12-10-13(2)22-20(21-12)25-15(4)16(14(3)24-25)11-19(26)23-17-8-6-7-9-18(17)27-5/h6-10H,11H2,1-5H3,(H,23,26). The topological polar surface area (TPSA) is 81.9 Å². The third-order valence-corrected chi connectivity index (χ3v) is 4.32. The van der Waals surface area contributed by atoms with Gasteiger partial charge >= 0.3 is 0 Å². The fourth-order valence-corrected chi connectivity index (χ4v) is 3.03. The number of nitrogens with zero attached hydrogens (tertiary/aromatic N) is 4. The summed E-state index contributed by atoms with van der Waals surface area (Å²) in [7, 11) is 1.58. The Bertz CT molecular complexity index is 974. The highest BCUT2D eigenvalue weighted by Gasteiger charge is 2.18. The fourth-order valence-electron chi connectivity index (χ4n) is 3.03. The lowest BCUT2D eigenvalue weighted by Gasteiger charge is -2.10. The number of aromatic nitrogens is 4. The van der Waals surface area contributed by atoms with Gasteiger partial charge in [0.15, 0.2) is 0 Å². The molecule has 0 fully saturated rings. The largest absolute Gasteiger partial charge is 0.495 e. The number of anilines is 1. The first-order chi connectivity index (χ1) is 12.9. The van der Waals surface area contributed by atoms with Gasteiger partial charge in [0, 0.05) is 22.6 Å². The Balaban J connectivity index is 1.85. The number of carbonyl (C=O) groups is 1. The number of hydrogen-bond donors (Lipinski definition) is 1. The van der Waals surface area contributed by atoms with Crippen molar-refractivity contribution in [3.05, 3.63) is 58.7 Å². The minimum atomic E-state index is -0.133. The zero-order valence-corrected chi connectivity index (χ0v) is 16.2. The van der Waals surface area contributed by atoms with Crippen LogP contribution in [0.15, 0.2) is 30.3 Å². The third-order valence-electron chi connectivity index (χ3n) is 4.32. The summed E-state index contributed by atoms with van der Waals surface area (Å²) in [6.45, 7) is 7.65. The van der Waals surface area contributed by atoms with Gasteiger partial charge in [0.25, 0.3) is 5.95 Å². The van der Waals surface area contributed by atoms with Crippen molar-refractivity contribution in [3.63, 3.8) is 0 Å². The minimum Gasteiger partial charge on any atom is -0.495 e. The van der Waals surface area contributed by atoms with Crippen molar-refractivity contribution in [1.29, 1.82) is 0 Å². The van der Waals surface area contributed by atoms with Crippen molar-refractivity contribution < 1.29 is 9.53 Å². The third kappa shape index (κ3) is 3.97. The molecule has 3 aromatic rings. The number of benzene rings is 1. The number of ether oxygens (including phenoxy) is 1. The molecule has 2 aromatic heterocycles. The number of carbonyl (C=O) groups excluding carboxylic acids is 1. The van der Waals surface area contributed by atoms with Crippen LogP contribution in [0.4, 0.5) is 5.69 Å². The van der Waals surface area contributed by atoms with E-state index in [9.17, 15) is 4.79 Å². The number of nitrogens with one attached hydrogen (secondary N) is 1. The lowest BCUT2D eigenvalue weighted by atomic mass is 10.1. The van der Waals surface area contributed by atoms with Gasteiger partial charge in [-0.2, -0.15) is 5.10 Å². The zero-order chi connectivity index (χ0) is 19.6. The molecule has 0 unspecified atom stereocenters. The Labute approximate surface area is 158 Å². The number of methoxy groups -OCH3 is 1. The Morgan fingerprint density at radius 1 is 1.11 bits per heavy atom. The summed E-state index contributed by atoms with van der Waals surface area (Å²) in [6, 6.07) is 9.24. The summed E-state index contributed by atoms with van der Waals surface area (Å²) in [6.07, 6.45) is 0.209. The molecule has 0 atom stereocenters. The first kappa shape index (κ1) is 18.6. The van der Waals surface area contributed by atoms with Crippen LogP contribution < -0.4 is 10.1 Å². The SMILES string of the molecule is COc1ccccc1NC(=O)Cc1c(C)nn(-c2nc(C)cc(C)n2)c1C. The van der Waals surface area contributed by atoms with Crippen molar-refractivity contribution in [1.82, 2.24) is 19.7 Å². The second-order valence-corrected chi connectivity index (χ2v) is 6.44. The fraction of sp³-hybridized carbons (Fsp3) is 0.300. The lowest BCUT2D eigenvalue weighted by Crippen LogP contribution is -2.16. The van der Waals surface area contributed by atoms with Gasteiger partial charge in [0.2, 0.25) is 5.91 Å². The molecule has 7 heteroatoms. The lowest BCUT2D eigenvalue weighted by molar-refractivity contribution is -0.115. The second-order valence-electron chi connectivity index (χ2n) is 6.44. The molecular weight excluding hydrogens is 342 g/mol. The van der Waals surface area contributed by atoms with Gasteiger partial charge in [0.05, 0.1) is 24.9 Å². The van der Waals surface area contributed by atoms with E-state index in [1.54, 1.807) is 11.8 Å². The maximum atomic E-state index is 12.6. The van der Waals surface area contributed by atoms with Gasteiger partial charge in [-0.25, -0.2) is 14.6 Å². The predicted octanol–water partition coefficient (Wildman–Crippen LogP) is 3.09. The first-order valence-electron chi connectivity index (χ1n) is 8.69. The second kappa shape index (κ2) is 7.57. The van der Waals surface area contributed by atoms with E-state index in [-0.39, 0.29) is 12.3 Å². The molecule has 3 rings (SSSR count). The van der Waals surface area contributed by atoms with E-state index in [1.165, 1.54) is 0 Å². The van der Waals surface area contributed by atoms with Crippen LogP contribution in [0.3, 0.4) is 0 Å². The maximum absolute atomic E-state index is 12.6. The minimum absolute atomic E-state index is 0.133. The summed E-state index contributed by atoms with van der Waals surface area (Å²) in [5, 5.41) is 7.44. The molecule has 27 heavy (non-hydrogen) atoms. The maximum Gasteiger partial charge on any atom is 0.251 e. The predicted molar refractivity (Wildman–Crippen MR) is 103 cm³/mol. The van der Waals surface area contributed by atoms with Crippen molar-refractivity contribution >= 4 is 11.6 Å². The number of hydrogen-bond acceptors (Lipinski definition) is 5. The van der Waals surface area contributed by atoms with Gasteiger partial charge < -0.3 is 10.1 Å². The highest BCUT2D eigenvalue weighted by Crippen LogP contribution is 2.24. The number of aryl methyl sites for hydroxylation is 3. The molecule has 0 spiro atoms. The normalized spacial score (nSPS) is 10.7. The number of rotatable bonds is 5. The van der Waals surface area contributed by atoms with E-state index in [1.807, 2.05) is 58.0 Å². The summed E-state index contributed by atoms with van der Waals surface area (Å²) < 4.78 is 6.98. The van der Waals surface area contributed by atoms with Gasteiger partial charge in [-0.3, -0.25) is 4.79 Å². The van der Waals surface area contributed by atoms with Crippen LogP contribution >= 0.6 is 0 Å². The first-order valence-corrected chi connectivity index (χ1v) is 8.69. The Hall–Kier alpha value is -3.22. The van der Waals surface area contributed by atoms with Crippen LogP contribution in [0.1, 0.15) is 28.3 Å². The van der Waals surface area contributed by atoms with Crippen LogP contribution in [-0.4, -0.2) is 32.8 Å². The number of amides is 1. The van der Waals surface area contributed by atoms with Gasteiger partial charge in [-0.05, 0) is 45.9 Å². The van der Waals surface area contributed by atoms with Crippen LogP contribution in [0.2, 0.25) is 0 Å². The quantitative estimate of drug-likeness (QED) is 0.751. The molecule has 2 heterocycles. The summed E-state index contributed by atoms with van der Waals surface area (Å²) in [5.74, 6) is 1.01. The molecule has 0 bridgehead atoms. The average molecular weight is 365 g/mol. The molecule has 1 N–H and O–H groups in total. The highest BCUT2D eigenvalue weighted by atomic mass is 16.5. The summed E-state index contributed by atoms with van der Waals surface area (Å²) >= 11 is 0. The van der Waals surface area contributed by atoms with Gasteiger partial charge in [0.1, 0.15) is 5.75 Å². The Kier molecular flexibility index (Phi) is 5.21. The Morgan fingerprint density at radius 3 is 2.44 bits per heavy atom. The van der Waals surface area contributed by atoms with E-state index >= 15 is 0 Å². The van der Waals surface area contributed by atoms with Crippen molar-refractivity contribution in [2.45, 2.75) is 34.1 Å². The van der Waals surface area contributed by atoms with Gasteiger partial charge in [-0.1, -0.05) is 12.1 Å². The average Bonchev–Trinajstić information content (AvgIpc) is 2.89. The molecule has 0 radical (unpaired) electrons. The van der Waals surface area contributed by atoms with E-state index in [0.717, 1.165) is 28.3 Å². The van der Waals surface area contributed by atoms with Crippen LogP contribution in [0, 0.1) is 27.7 Å². The number of para-hydroxylation sites is 2. The molecule has 0 aliphatic carbocycles. The molecule has 1 amide bonds. The molecule has 7 nitrogen and oxygen atoms in total. The van der Waals surface area contributed by atoms with Crippen molar-refractivity contribution in [3.8, 4) is 11.7 Å². The molecule has 140 valence electrons. The monoisotopic (exact) mass is 365 g/mol. The van der Waals surface area contributed by atoms with E-state index in [0.29, 0.717) is 17.4 Å². The van der Waals surface area contributed by atoms with Crippen LogP contribution in [-0.2, 0) is 11.2 Å². The van der Waals surface area contributed by atoms with Crippen LogP contribution in [0.5, 0.6) is 5.75 Å². The van der Waals surface area contributed by atoms with Gasteiger partial charge in [-0.15, -0.1) is 0 Å². The molecular formula is C20H23N5O2.